The van der Waals surface area contributed by atoms with Gasteiger partial charge in [0.05, 0.1) is 13.8 Å². The molecule has 0 unspecified atom stereocenters. The largest absolute Gasteiger partial charge is 0.256 e. The summed E-state index contributed by atoms with van der Waals surface area (Å²) in [5.74, 6) is 0. The van der Waals surface area contributed by atoms with Crippen molar-refractivity contribution in [1.82, 2.24) is 4.98 Å². The van der Waals surface area contributed by atoms with Gasteiger partial charge in [-0.2, -0.15) is 0 Å². The second-order valence-electron chi connectivity index (χ2n) is 6.63. The summed E-state index contributed by atoms with van der Waals surface area (Å²) in [5.41, 5.74) is 4.57. The maximum absolute atomic E-state index is 4.61. The Labute approximate surface area is 133 Å². The minimum atomic E-state index is -1.23. The van der Waals surface area contributed by atoms with Crippen molar-refractivity contribution in [2.24, 2.45) is 0 Å². The van der Waals surface area contributed by atoms with Gasteiger partial charge in [-0.1, -0.05) is 85.5 Å². The van der Waals surface area contributed by atoms with Gasteiger partial charge in [-0.3, -0.25) is 4.98 Å². The summed E-state index contributed by atoms with van der Waals surface area (Å²) in [7, 11) is -1.23. The van der Waals surface area contributed by atoms with Crippen molar-refractivity contribution in [3.8, 4) is 22.4 Å². The predicted molar refractivity (Wildman–Crippen MR) is 98.1 cm³/mol. The Bertz CT molecular complexity index is 738. The second kappa shape index (κ2) is 5.89. The van der Waals surface area contributed by atoms with Crippen LogP contribution in [0, 0.1) is 0 Å². The minimum absolute atomic E-state index is 1.02. The lowest BCUT2D eigenvalue weighted by Gasteiger charge is -2.16. The number of hydrogen-bond acceptors (Lipinski definition) is 1. The molecule has 0 saturated heterocycles. The first-order valence-electron chi connectivity index (χ1n) is 7.66. The van der Waals surface area contributed by atoms with Crippen molar-refractivity contribution < 1.29 is 0 Å². The fourth-order valence-electron chi connectivity index (χ4n) is 2.51. The summed E-state index contributed by atoms with van der Waals surface area (Å²) in [6.07, 6.45) is 1.96. The van der Waals surface area contributed by atoms with Gasteiger partial charge in [0.15, 0.2) is 0 Å². The Hall–Kier alpha value is -2.19. The van der Waals surface area contributed by atoms with E-state index in [2.05, 4.69) is 73.2 Å². The second-order valence-corrected chi connectivity index (χ2v) is 11.7. The van der Waals surface area contributed by atoms with E-state index in [1.54, 1.807) is 0 Å². The van der Waals surface area contributed by atoms with Gasteiger partial charge in [0, 0.05) is 17.3 Å². The van der Waals surface area contributed by atoms with Crippen LogP contribution in [-0.2, 0) is 0 Å². The Morgan fingerprint density at radius 1 is 0.636 bits per heavy atom. The van der Waals surface area contributed by atoms with Gasteiger partial charge in [0.2, 0.25) is 0 Å². The van der Waals surface area contributed by atoms with E-state index in [1.807, 2.05) is 24.4 Å². The number of nitrogens with zero attached hydrogens (tertiary/aromatic N) is 1. The maximum atomic E-state index is 4.61. The van der Waals surface area contributed by atoms with Crippen LogP contribution in [0.4, 0.5) is 0 Å². The Kier molecular flexibility index (Phi) is 3.95. The lowest BCUT2D eigenvalue weighted by atomic mass is 10.1. The quantitative estimate of drug-likeness (QED) is 0.623. The summed E-state index contributed by atoms with van der Waals surface area (Å²) in [4.78, 5) is 4.61. The molecule has 3 rings (SSSR count). The molecule has 0 saturated carbocycles. The van der Waals surface area contributed by atoms with Crippen LogP contribution in [0.25, 0.3) is 22.4 Å². The zero-order valence-corrected chi connectivity index (χ0v) is 14.4. The summed E-state index contributed by atoms with van der Waals surface area (Å²) in [6, 6.07) is 23.5. The third-order valence-electron chi connectivity index (χ3n) is 3.92. The van der Waals surface area contributed by atoms with Gasteiger partial charge in [-0.15, -0.1) is 0 Å². The molecule has 22 heavy (non-hydrogen) atoms. The van der Waals surface area contributed by atoms with Gasteiger partial charge in [-0.25, -0.2) is 0 Å². The molecule has 0 aliphatic carbocycles. The first kappa shape index (κ1) is 14.7. The summed E-state index contributed by atoms with van der Waals surface area (Å²) in [6.45, 7) is 7.12. The molecule has 0 radical (unpaired) electrons. The minimum Gasteiger partial charge on any atom is -0.256 e. The van der Waals surface area contributed by atoms with E-state index < -0.39 is 8.07 Å². The van der Waals surface area contributed by atoms with Crippen LogP contribution < -0.4 is 5.19 Å². The molecule has 0 fully saturated rings. The van der Waals surface area contributed by atoms with Crippen LogP contribution in [0.2, 0.25) is 19.6 Å². The molecule has 0 aliphatic rings. The highest BCUT2D eigenvalue weighted by Gasteiger charge is 2.15. The van der Waals surface area contributed by atoms with Crippen LogP contribution in [0.1, 0.15) is 0 Å². The average molecular weight is 303 g/mol. The van der Waals surface area contributed by atoms with Gasteiger partial charge in [0.25, 0.3) is 0 Å². The van der Waals surface area contributed by atoms with E-state index in [9.17, 15) is 0 Å². The molecule has 2 aromatic carbocycles. The molecule has 110 valence electrons. The fourth-order valence-corrected chi connectivity index (χ4v) is 3.67. The van der Waals surface area contributed by atoms with Crippen molar-refractivity contribution in [2.45, 2.75) is 19.6 Å². The number of aromatic nitrogens is 1. The molecule has 0 N–H and O–H groups in total. The first-order valence-corrected chi connectivity index (χ1v) is 11.2. The molecule has 0 bridgehead atoms. The maximum Gasteiger partial charge on any atom is 0.0775 e. The standard InChI is InChI=1S/C20H21NSi/c1-22(2,3)19-12-9-16(10-13-19)18-11-14-20(21-15-18)17-7-5-4-6-8-17/h4-15H,1-3H3. The monoisotopic (exact) mass is 303 g/mol. The molecule has 2 heteroatoms. The first-order chi connectivity index (χ1) is 10.5. The number of pyridine rings is 1. The number of rotatable bonds is 3. The normalized spacial score (nSPS) is 11.4. The van der Waals surface area contributed by atoms with Crippen molar-refractivity contribution >= 4 is 13.3 Å². The van der Waals surface area contributed by atoms with Gasteiger partial charge < -0.3 is 0 Å². The van der Waals surface area contributed by atoms with Gasteiger partial charge in [-0.05, 0) is 11.6 Å². The summed E-state index contributed by atoms with van der Waals surface area (Å²) < 4.78 is 0. The molecule has 1 aromatic heterocycles. The van der Waals surface area contributed by atoms with E-state index in [0.29, 0.717) is 0 Å². The molecular formula is C20H21NSi. The van der Waals surface area contributed by atoms with E-state index in [0.717, 1.165) is 11.3 Å². The van der Waals surface area contributed by atoms with Crippen LogP contribution >= 0.6 is 0 Å². The molecule has 0 spiro atoms. The Morgan fingerprint density at radius 3 is 1.82 bits per heavy atom. The van der Waals surface area contributed by atoms with Crippen LogP contribution in [-0.4, -0.2) is 13.1 Å². The van der Waals surface area contributed by atoms with Crippen molar-refractivity contribution in [3.63, 3.8) is 0 Å². The molecule has 3 aromatic rings. The van der Waals surface area contributed by atoms with E-state index in [1.165, 1.54) is 16.3 Å². The zero-order chi connectivity index (χ0) is 15.6. The van der Waals surface area contributed by atoms with Crippen molar-refractivity contribution in [3.05, 3.63) is 72.9 Å². The van der Waals surface area contributed by atoms with Crippen molar-refractivity contribution in [1.29, 1.82) is 0 Å². The van der Waals surface area contributed by atoms with Crippen LogP contribution in [0.3, 0.4) is 0 Å². The molecule has 1 heterocycles. The van der Waals surface area contributed by atoms with E-state index in [-0.39, 0.29) is 0 Å². The lowest BCUT2D eigenvalue weighted by Crippen LogP contribution is -2.37. The smallest absolute Gasteiger partial charge is 0.0775 e. The topological polar surface area (TPSA) is 12.9 Å². The zero-order valence-electron chi connectivity index (χ0n) is 13.4. The van der Waals surface area contributed by atoms with Crippen LogP contribution in [0.5, 0.6) is 0 Å². The number of benzene rings is 2. The van der Waals surface area contributed by atoms with Crippen LogP contribution in [0.15, 0.2) is 72.9 Å². The fraction of sp³-hybridized carbons (Fsp3) is 0.150. The molecule has 0 aliphatic heterocycles. The summed E-state index contributed by atoms with van der Waals surface area (Å²) in [5, 5.41) is 1.49. The third-order valence-corrected chi connectivity index (χ3v) is 5.98. The van der Waals surface area contributed by atoms with Crippen molar-refractivity contribution in [2.75, 3.05) is 0 Å². The molecule has 0 atom stereocenters. The van der Waals surface area contributed by atoms with Gasteiger partial charge in [0.1, 0.15) is 0 Å². The lowest BCUT2D eigenvalue weighted by molar-refractivity contribution is 1.33. The number of hydrogen-bond donors (Lipinski definition) is 0. The Balaban J connectivity index is 1.87. The highest BCUT2D eigenvalue weighted by Crippen LogP contribution is 2.22. The highest BCUT2D eigenvalue weighted by molar-refractivity contribution is 6.88. The highest BCUT2D eigenvalue weighted by atomic mass is 28.3. The molecular weight excluding hydrogens is 282 g/mol. The van der Waals surface area contributed by atoms with E-state index in [4.69, 9.17) is 0 Å². The molecule has 0 amide bonds. The van der Waals surface area contributed by atoms with Gasteiger partial charge >= 0.3 is 0 Å². The average Bonchev–Trinajstić information content (AvgIpc) is 2.55. The SMILES string of the molecule is C[Si](C)(C)c1ccc(-c2ccc(-c3ccccc3)nc2)cc1. The predicted octanol–water partition coefficient (Wildman–Crippen LogP) is 4.96. The summed E-state index contributed by atoms with van der Waals surface area (Å²) >= 11 is 0. The van der Waals surface area contributed by atoms with E-state index >= 15 is 0 Å². The Morgan fingerprint density at radius 2 is 1.27 bits per heavy atom. The third kappa shape index (κ3) is 3.17. The molecule has 1 nitrogen and oxygen atoms in total.